The van der Waals surface area contributed by atoms with Crippen molar-refractivity contribution in [2.24, 2.45) is 5.92 Å². The summed E-state index contributed by atoms with van der Waals surface area (Å²) in [5.74, 6) is 0.130. The van der Waals surface area contributed by atoms with Crippen LogP contribution in [0.5, 0.6) is 0 Å². The van der Waals surface area contributed by atoms with Gasteiger partial charge in [0.15, 0.2) is 0 Å². The maximum atomic E-state index is 11.4. The first-order chi connectivity index (χ1) is 8.72. The number of ether oxygens (including phenoxy) is 1. The molecular formula is C15H20O3. The number of allylic oxidation sites excluding steroid dienone is 5. The number of carbonyl (C=O) groups is 1. The van der Waals surface area contributed by atoms with Crippen LogP contribution in [-0.2, 0) is 9.53 Å². The lowest BCUT2D eigenvalue weighted by molar-refractivity contribution is -0.137. The molecule has 1 N–H and O–H groups in total. The van der Waals surface area contributed by atoms with Gasteiger partial charge in [-0.15, -0.1) is 0 Å². The summed E-state index contributed by atoms with van der Waals surface area (Å²) >= 11 is 0. The van der Waals surface area contributed by atoms with Crippen molar-refractivity contribution in [1.82, 2.24) is 0 Å². The molecule has 98 valence electrons. The zero-order valence-electron chi connectivity index (χ0n) is 10.7. The van der Waals surface area contributed by atoms with Gasteiger partial charge in [-0.3, -0.25) is 0 Å². The maximum absolute atomic E-state index is 11.4. The van der Waals surface area contributed by atoms with E-state index in [0.29, 0.717) is 13.0 Å². The summed E-state index contributed by atoms with van der Waals surface area (Å²) < 4.78 is 5.03. The first-order valence-corrected chi connectivity index (χ1v) is 6.29. The van der Waals surface area contributed by atoms with Crippen LogP contribution in [0.2, 0.25) is 0 Å². The standard InChI is InChI=1S/C15H20O3/c1-2-3-4-5-12-18-15(17)11-8-13-6-9-14(16)10-7-13/h3-4,6,8-11,13,16H,2,5,7,12H2,1H3/b4-3-,11-8?. The number of esters is 1. The van der Waals surface area contributed by atoms with Crippen LogP contribution in [0.15, 0.2) is 48.3 Å². The second-order valence-corrected chi connectivity index (χ2v) is 4.08. The molecule has 0 aliphatic heterocycles. The van der Waals surface area contributed by atoms with Gasteiger partial charge in [-0.2, -0.15) is 0 Å². The first kappa shape index (κ1) is 14.3. The van der Waals surface area contributed by atoms with Crippen molar-refractivity contribution in [1.29, 1.82) is 0 Å². The molecule has 0 heterocycles. The van der Waals surface area contributed by atoms with Crippen molar-refractivity contribution in [3.05, 3.63) is 48.3 Å². The lowest BCUT2D eigenvalue weighted by Gasteiger charge is -2.08. The van der Waals surface area contributed by atoms with Gasteiger partial charge in [0.1, 0.15) is 5.76 Å². The molecule has 0 bridgehead atoms. The lowest BCUT2D eigenvalue weighted by atomic mass is 10.00. The molecule has 1 rings (SSSR count). The molecule has 1 aliphatic carbocycles. The van der Waals surface area contributed by atoms with Crippen LogP contribution in [0, 0.1) is 5.92 Å². The van der Waals surface area contributed by atoms with Gasteiger partial charge in [-0.25, -0.2) is 4.79 Å². The van der Waals surface area contributed by atoms with Crippen LogP contribution in [0.1, 0.15) is 26.2 Å². The molecule has 0 saturated heterocycles. The number of aliphatic hydroxyl groups is 1. The van der Waals surface area contributed by atoms with Gasteiger partial charge >= 0.3 is 5.97 Å². The van der Waals surface area contributed by atoms with Gasteiger partial charge in [0.25, 0.3) is 0 Å². The number of carbonyl (C=O) groups excluding carboxylic acids is 1. The highest BCUT2D eigenvalue weighted by Crippen LogP contribution is 2.15. The molecule has 1 aliphatic rings. The van der Waals surface area contributed by atoms with Gasteiger partial charge in [0.2, 0.25) is 0 Å². The molecular weight excluding hydrogens is 228 g/mol. The predicted molar refractivity (Wildman–Crippen MR) is 72.1 cm³/mol. The quantitative estimate of drug-likeness (QED) is 0.339. The Bertz CT molecular complexity index is 375. The molecule has 0 spiro atoms. The largest absolute Gasteiger partial charge is 0.508 e. The van der Waals surface area contributed by atoms with E-state index in [1.54, 1.807) is 18.2 Å². The molecule has 1 unspecified atom stereocenters. The summed E-state index contributed by atoms with van der Waals surface area (Å²) in [7, 11) is 0. The Morgan fingerprint density at radius 2 is 2.39 bits per heavy atom. The van der Waals surface area contributed by atoms with E-state index in [1.165, 1.54) is 6.08 Å². The fourth-order valence-electron chi connectivity index (χ4n) is 1.53. The Hall–Kier alpha value is -1.77. The van der Waals surface area contributed by atoms with Crippen LogP contribution in [-0.4, -0.2) is 17.7 Å². The Morgan fingerprint density at radius 3 is 3.06 bits per heavy atom. The molecule has 0 radical (unpaired) electrons. The van der Waals surface area contributed by atoms with Crippen molar-refractivity contribution in [3.63, 3.8) is 0 Å². The van der Waals surface area contributed by atoms with Crippen molar-refractivity contribution < 1.29 is 14.6 Å². The van der Waals surface area contributed by atoms with Gasteiger partial charge in [-0.1, -0.05) is 31.2 Å². The average Bonchev–Trinajstić information content (AvgIpc) is 2.38. The second-order valence-electron chi connectivity index (χ2n) is 4.08. The minimum absolute atomic E-state index is 0.161. The SMILES string of the molecule is CC/C=C\CCOC(=O)C=CC1C=CC(O)=CC1. The highest BCUT2D eigenvalue weighted by atomic mass is 16.5. The van der Waals surface area contributed by atoms with E-state index < -0.39 is 0 Å². The summed E-state index contributed by atoms with van der Waals surface area (Å²) in [4.78, 5) is 11.4. The molecule has 0 fully saturated rings. The van der Waals surface area contributed by atoms with E-state index in [9.17, 15) is 4.79 Å². The minimum atomic E-state index is -0.313. The third-order valence-electron chi connectivity index (χ3n) is 2.52. The minimum Gasteiger partial charge on any atom is -0.508 e. The molecule has 0 aromatic heterocycles. The van der Waals surface area contributed by atoms with Crippen molar-refractivity contribution in [2.75, 3.05) is 6.61 Å². The van der Waals surface area contributed by atoms with Crippen LogP contribution in [0.3, 0.4) is 0 Å². The highest BCUT2D eigenvalue weighted by molar-refractivity contribution is 5.81. The molecule has 3 heteroatoms. The molecule has 0 amide bonds. The maximum Gasteiger partial charge on any atom is 0.330 e. The lowest BCUT2D eigenvalue weighted by Crippen LogP contribution is -2.03. The summed E-state index contributed by atoms with van der Waals surface area (Å²) in [5, 5.41) is 9.14. The first-order valence-electron chi connectivity index (χ1n) is 6.29. The van der Waals surface area contributed by atoms with Crippen molar-refractivity contribution in [2.45, 2.75) is 26.2 Å². The molecule has 18 heavy (non-hydrogen) atoms. The van der Waals surface area contributed by atoms with Crippen LogP contribution in [0.4, 0.5) is 0 Å². The Balaban J connectivity index is 2.20. The Kier molecular flexibility index (Phi) is 6.62. The van der Waals surface area contributed by atoms with E-state index >= 15 is 0 Å². The normalized spacial score (nSPS) is 19.4. The molecule has 0 saturated carbocycles. The van der Waals surface area contributed by atoms with Gasteiger partial charge in [0.05, 0.1) is 6.61 Å². The Morgan fingerprint density at radius 1 is 1.56 bits per heavy atom. The number of aliphatic hydroxyl groups excluding tert-OH is 1. The topological polar surface area (TPSA) is 46.5 Å². The molecule has 3 nitrogen and oxygen atoms in total. The van der Waals surface area contributed by atoms with E-state index in [2.05, 4.69) is 13.0 Å². The second kappa shape index (κ2) is 8.34. The van der Waals surface area contributed by atoms with E-state index in [0.717, 1.165) is 12.8 Å². The van der Waals surface area contributed by atoms with E-state index in [4.69, 9.17) is 9.84 Å². The van der Waals surface area contributed by atoms with E-state index in [-0.39, 0.29) is 17.6 Å². The number of rotatable bonds is 6. The van der Waals surface area contributed by atoms with Crippen LogP contribution >= 0.6 is 0 Å². The summed E-state index contributed by atoms with van der Waals surface area (Å²) in [6.45, 7) is 2.48. The zero-order valence-corrected chi connectivity index (χ0v) is 10.7. The fraction of sp³-hybridized carbons (Fsp3) is 0.400. The number of hydrogen-bond acceptors (Lipinski definition) is 3. The average molecular weight is 248 g/mol. The summed E-state index contributed by atoms with van der Waals surface area (Å²) in [6, 6.07) is 0. The highest BCUT2D eigenvalue weighted by Gasteiger charge is 2.05. The summed E-state index contributed by atoms with van der Waals surface area (Å²) in [6.07, 6.45) is 15.0. The third kappa shape index (κ3) is 6.09. The smallest absolute Gasteiger partial charge is 0.330 e. The van der Waals surface area contributed by atoms with Crippen LogP contribution in [0.25, 0.3) is 0 Å². The zero-order chi connectivity index (χ0) is 13.2. The third-order valence-corrected chi connectivity index (χ3v) is 2.52. The van der Waals surface area contributed by atoms with Gasteiger partial charge < -0.3 is 9.84 Å². The molecule has 1 atom stereocenters. The van der Waals surface area contributed by atoms with E-state index in [1.807, 2.05) is 12.2 Å². The van der Waals surface area contributed by atoms with Gasteiger partial charge in [0, 0.05) is 6.08 Å². The monoisotopic (exact) mass is 248 g/mol. The fourth-order valence-corrected chi connectivity index (χ4v) is 1.53. The van der Waals surface area contributed by atoms with Crippen molar-refractivity contribution in [3.8, 4) is 0 Å². The Labute approximate surface area is 108 Å². The summed E-state index contributed by atoms with van der Waals surface area (Å²) in [5.41, 5.74) is 0. The van der Waals surface area contributed by atoms with Crippen LogP contribution < -0.4 is 0 Å². The van der Waals surface area contributed by atoms with Gasteiger partial charge in [-0.05, 0) is 37.3 Å². The number of hydrogen-bond donors (Lipinski definition) is 1. The molecule has 0 aromatic rings. The van der Waals surface area contributed by atoms with Crippen molar-refractivity contribution >= 4 is 5.97 Å². The predicted octanol–water partition coefficient (Wildman–Crippen LogP) is 3.46. The molecule has 0 aromatic carbocycles.